The van der Waals surface area contributed by atoms with Crippen LogP contribution in [0.2, 0.25) is 0 Å². The number of rotatable bonds is 3. The fourth-order valence-corrected chi connectivity index (χ4v) is 3.43. The Morgan fingerprint density at radius 3 is 3.00 bits per heavy atom. The SMILES string of the molecule is CN(Cc1ccsc1)C1CCc2ccccc21. The van der Waals surface area contributed by atoms with E-state index < -0.39 is 0 Å². The third kappa shape index (κ3) is 2.15. The lowest BCUT2D eigenvalue weighted by molar-refractivity contribution is 0.236. The average Bonchev–Trinajstić information content (AvgIpc) is 2.96. The van der Waals surface area contributed by atoms with Crippen molar-refractivity contribution in [3.05, 3.63) is 57.8 Å². The lowest BCUT2D eigenvalue weighted by atomic mass is 10.1. The smallest absolute Gasteiger partial charge is 0.0354 e. The number of hydrogen-bond donors (Lipinski definition) is 0. The highest BCUT2D eigenvalue weighted by Crippen LogP contribution is 2.35. The molecule has 1 heterocycles. The molecule has 0 fully saturated rings. The summed E-state index contributed by atoms with van der Waals surface area (Å²) in [4.78, 5) is 2.48. The van der Waals surface area contributed by atoms with Crippen LogP contribution in [0, 0.1) is 0 Å². The maximum atomic E-state index is 2.48. The Bertz CT molecular complexity index is 489. The summed E-state index contributed by atoms with van der Waals surface area (Å²) in [5.41, 5.74) is 4.50. The highest BCUT2D eigenvalue weighted by atomic mass is 32.1. The first-order valence-corrected chi connectivity index (χ1v) is 7.08. The van der Waals surface area contributed by atoms with E-state index in [1.165, 1.54) is 29.5 Å². The molecule has 2 aromatic rings. The van der Waals surface area contributed by atoms with Gasteiger partial charge in [-0.2, -0.15) is 11.3 Å². The van der Waals surface area contributed by atoms with E-state index >= 15 is 0 Å². The Hall–Kier alpha value is -1.12. The molecule has 0 amide bonds. The number of aryl methyl sites for hydroxylation is 1. The number of fused-ring (bicyclic) bond motifs is 1. The second kappa shape index (κ2) is 4.63. The minimum Gasteiger partial charge on any atom is -0.295 e. The minimum absolute atomic E-state index is 0.603. The van der Waals surface area contributed by atoms with Crippen LogP contribution in [-0.4, -0.2) is 11.9 Å². The van der Waals surface area contributed by atoms with Gasteiger partial charge in [0.2, 0.25) is 0 Å². The molecule has 1 aliphatic rings. The van der Waals surface area contributed by atoms with Gasteiger partial charge in [0, 0.05) is 12.6 Å². The molecular formula is C15H17NS. The molecule has 1 aromatic heterocycles. The molecule has 0 bridgehead atoms. The van der Waals surface area contributed by atoms with Gasteiger partial charge in [0.05, 0.1) is 0 Å². The lowest BCUT2D eigenvalue weighted by Crippen LogP contribution is -2.22. The van der Waals surface area contributed by atoms with Crippen LogP contribution in [0.25, 0.3) is 0 Å². The molecule has 0 N–H and O–H groups in total. The van der Waals surface area contributed by atoms with Gasteiger partial charge in [0.1, 0.15) is 0 Å². The summed E-state index contributed by atoms with van der Waals surface area (Å²) in [6.45, 7) is 1.06. The predicted molar refractivity (Wildman–Crippen MR) is 73.3 cm³/mol. The largest absolute Gasteiger partial charge is 0.295 e. The van der Waals surface area contributed by atoms with Crippen LogP contribution in [0.3, 0.4) is 0 Å². The molecule has 1 atom stereocenters. The van der Waals surface area contributed by atoms with Gasteiger partial charge in [0.25, 0.3) is 0 Å². The van der Waals surface area contributed by atoms with Crippen molar-refractivity contribution < 1.29 is 0 Å². The molecule has 0 spiro atoms. The second-order valence-electron chi connectivity index (χ2n) is 4.80. The molecule has 17 heavy (non-hydrogen) atoms. The molecule has 1 nitrogen and oxygen atoms in total. The summed E-state index contributed by atoms with van der Waals surface area (Å²) >= 11 is 1.78. The number of hydrogen-bond acceptors (Lipinski definition) is 2. The molecule has 2 heteroatoms. The summed E-state index contributed by atoms with van der Waals surface area (Å²) in [5, 5.41) is 4.41. The Morgan fingerprint density at radius 1 is 1.29 bits per heavy atom. The van der Waals surface area contributed by atoms with Gasteiger partial charge in [-0.1, -0.05) is 24.3 Å². The van der Waals surface area contributed by atoms with Crippen LogP contribution in [-0.2, 0) is 13.0 Å². The van der Waals surface area contributed by atoms with Gasteiger partial charge in [-0.3, -0.25) is 4.90 Å². The van der Waals surface area contributed by atoms with Crippen molar-refractivity contribution in [1.29, 1.82) is 0 Å². The Balaban J connectivity index is 1.78. The van der Waals surface area contributed by atoms with E-state index in [4.69, 9.17) is 0 Å². The first-order chi connectivity index (χ1) is 8.34. The normalized spacial score (nSPS) is 18.6. The fraction of sp³-hybridized carbons (Fsp3) is 0.333. The molecular weight excluding hydrogens is 226 g/mol. The molecule has 0 saturated carbocycles. The van der Waals surface area contributed by atoms with E-state index in [0.717, 1.165) is 6.54 Å². The Morgan fingerprint density at radius 2 is 2.18 bits per heavy atom. The topological polar surface area (TPSA) is 3.24 Å². The zero-order chi connectivity index (χ0) is 11.7. The molecule has 1 aliphatic carbocycles. The van der Waals surface area contributed by atoms with Crippen molar-refractivity contribution in [1.82, 2.24) is 4.90 Å². The van der Waals surface area contributed by atoms with Crippen LogP contribution >= 0.6 is 11.3 Å². The Labute approximate surface area is 107 Å². The molecule has 1 unspecified atom stereocenters. The number of nitrogens with zero attached hydrogens (tertiary/aromatic N) is 1. The zero-order valence-electron chi connectivity index (χ0n) is 10.1. The van der Waals surface area contributed by atoms with E-state index in [0.29, 0.717) is 6.04 Å². The van der Waals surface area contributed by atoms with Gasteiger partial charge in [0.15, 0.2) is 0 Å². The maximum absolute atomic E-state index is 2.48. The van der Waals surface area contributed by atoms with E-state index in [1.807, 2.05) is 0 Å². The van der Waals surface area contributed by atoms with Gasteiger partial charge < -0.3 is 0 Å². The molecule has 0 radical (unpaired) electrons. The van der Waals surface area contributed by atoms with Crippen molar-refractivity contribution >= 4 is 11.3 Å². The van der Waals surface area contributed by atoms with Gasteiger partial charge >= 0.3 is 0 Å². The molecule has 88 valence electrons. The second-order valence-corrected chi connectivity index (χ2v) is 5.58. The van der Waals surface area contributed by atoms with Gasteiger partial charge in [-0.05, 0) is 53.4 Å². The predicted octanol–water partition coefficient (Wildman–Crippen LogP) is 3.87. The quantitative estimate of drug-likeness (QED) is 0.791. The monoisotopic (exact) mass is 243 g/mol. The van der Waals surface area contributed by atoms with Crippen LogP contribution in [0.1, 0.15) is 29.2 Å². The van der Waals surface area contributed by atoms with Crippen molar-refractivity contribution in [3.63, 3.8) is 0 Å². The highest BCUT2D eigenvalue weighted by Gasteiger charge is 2.25. The summed E-state index contributed by atoms with van der Waals surface area (Å²) in [7, 11) is 2.24. The third-order valence-corrected chi connectivity index (χ3v) is 4.38. The summed E-state index contributed by atoms with van der Waals surface area (Å²) in [5.74, 6) is 0. The van der Waals surface area contributed by atoms with Crippen LogP contribution < -0.4 is 0 Å². The van der Waals surface area contributed by atoms with Crippen molar-refractivity contribution in [2.75, 3.05) is 7.05 Å². The van der Waals surface area contributed by atoms with E-state index in [-0.39, 0.29) is 0 Å². The van der Waals surface area contributed by atoms with E-state index in [2.05, 4.69) is 53.0 Å². The first kappa shape index (κ1) is 11.0. The van der Waals surface area contributed by atoms with E-state index in [9.17, 15) is 0 Å². The molecule has 1 aromatic carbocycles. The van der Waals surface area contributed by atoms with Gasteiger partial charge in [-0.15, -0.1) is 0 Å². The van der Waals surface area contributed by atoms with Crippen molar-refractivity contribution in [2.24, 2.45) is 0 Å². The van der Waals surface area contributed by atoms with Crippen LogP contribution in [0.5, 0.6) is 0 Å². The molecule has 3 rings (SSSR count). The Kier molecular flexibility index (Phi) is 3.00. The molecule has 0 aliphatic heterocycles. The van der Waals surface area contributed by atoms with Crippen molar-refractivity contribution in [3.8, 4) is 0 Å². The minimum atomic E-state index is 0.603. The maximum Gasteiger partial charge on any atom is 0.0354 e. The number of benzene rings is 1. The lowest BCUT2D eigenvalue weighted by Gasteiger charge is -2.24. The zero-order valence-corrected chi connectivity index (χ0v) is 10.9. The molecule has 0 saturated heterocycles. The standard InChI is InChI=1S/C15H17NS/c1-16(10-12-8-9-17-11-12)15-7-6-13-4-2-3-5-14(13)15/h2-5,8-9,11,15H,6-7,10H2,1H3. The third-order valence-electron chi connectivity index (χ3n) is 3.65. The van der Waals surface area contributed by atoms with E-state index in [1.54, 1.807) is 11.3 Å². The summed E-state index contributed by atoms with van der Waals surface area (Å²) in [6, 6.07) is 11.7. The van der Waals surface area contributed by atoms with Gasteiger partial charge in [-0.25, -0.2) is 0 Å². The summed E-state index contributed by atoms with van der Waals surface area (Å²) in [6.07, 6.45) is 2.49. The summed E-state index contributed by atoms with van der Waals surface area (Å²) < 4.78 is 0. The van der Waals surface area contributed by atoms with Crippen LogP contribution in [0.15, 0.2) is 41.1 Å². The first-order valence-electron chi connectivity index (χ1n) is 6.14. The van der Waals surface area contributed by atoms with Crippen molar-refractivity contribution in [2.45, 2.75) is 25.4 Å². The highest BCUT2D eigenvalue weighted by molar-refractivity contribution is 7.07. The fourth-order valence-electron chi connectivity index (χ4n) is 2.77. The number of thiophene rings is 1. The van der Waals surface area contributed by atoms with Crippen LogP contribution in [0.4, 0.5) is 0 Å². The average molecular weight is 243 g/mol.